The predicted octanol–water partition coefficient (Wildman–Crippen LogP) is -1.66. The molecule has 4 N–H and O–H groups in total. The molecule has 1 unspecified atom stereocenters. The van der Waals surface area contributed by atoms with Gasteiger partial charge in [-0.1, -0.05) is 5.16 Å². The maximum atomic E-state index is 13.0. The van der Waals surface area contributed by atoms with E-state index in [1.165, 1.54) is 42.6 Å². The van der Waals surface area contributed by atoms with Gasteiger partial charge in [-0.25, -0.2) is 9.36 Å². The molecule has 0 aliphatic carbocycles. The van der Waals surface area contributed by atoms with Gasteiger partial charge in [0, 0.05) is 46.8 Å². The minimum atomic E-state index is -1.74. The van der Waals surface area contributed by atoms with Crippen molar-refractivity contribution in [2.45, 2.75) is 37.4 Å². The second kappa shape index (κ2) is 10.1. The van der Waals surface area contributed by atoms with E-state index in [9.17, 15) is 29.4 Å². The molecule has 4 rings (SSSR count). The van der Waals surface area contributed by atoms with Crippen molar-refractivity contribution in [3.8, 4) is 0 Å². The Morgan fingerprint density at radius 2 is 2.08 bits per heavy atom. The highest BCUT2D eigenvalue weighted by molar-refractivity contribution is 8.00. The van der Waals surface area contributed by atoms with Gasteiger partial charge in [0.05, 0.1) is 5.97 Å². The van der Waals surface area contributed by atoms with Crippen molar-refractivity contribution in [3.63, 3.8) is 0 Å². The Hall–Kier alpha value is -4.05. The highest BCUT2D eigenvalue weighted by atomic mass is 32.2. The molecule has 1 fully saturated rings. The summed E-state index contributed by atoms with van der Waals surface area (Å²) >= 11 is 2.25. The van der Waals surface area contributed by atoms with Crippen LogP contribution in [0.5, 0.6) is 0 Å². The molecule has 2 aromatic rings. The van der Waals surface area contributed by atoms with Gasteiger partial charge in [0.15, 0.2) is 24.1 Å². The number of nitrogen functional groups attached to an aromatic ring is 1. The minimum absolute atomic E-state index is 0.0616. The number of thioether (sulfide) groups is 1. The van der Waals surface area contributed by atoms with Crippen LogP contribution in [0.4, 0.5) is 5.13 Å². The summed E-state index contributed by atoms with van der Waals surface area (Å²) in [5, 5.41) is 26.1. The number of carboxylic acids is 2. The summed E-state index contributed by atoms with van der Waals surface area (Å²) in [5.41, 5.74) is 4.44. The van der Waals surface area contributed by atoms with Gasteiger partial charge in [-0.15, -0.1) is 11.8 Å². The first-order valence-electron chi connectivity index (χ1n) is 10.7. The standard InChI is InChI=1S/C21H21N7O7S2/c1-21(2,19(33)34)35-25-12(14-24-20(22)37-26-14)15(29)23-13-16(30)28-8-10(9-36-17(13)28)7-27-5-3-11(4-6-27)18(31)32/h3-6,8,13,17H,7,9H2,1-2H3,(H4-,22,23,24,26,29,31,32,33,34)/b25-12-/t13?,17-/m1/s1. The number of carbonyl (C=O) groups excluding carboxylic acids is 3. The smallest absolute Gasteiger partial charge is 0.350 e. The number of carboxylic acid groups (broad SMARTS) is 2. The quantitative estimate of drug-likeness (QED) is 0.140. The molecule has 2 atom stereocenters. The lowest BCUT2D eigenvalue weighted by Crippen LogP contribution is -2.69. The number of oxime groups is 1. The van der Waals surface area contributed by atoms with Crippen LogP contribution < -0.4 is 20.7 Å². The number of hydrogen-bond donors (Lipinski definition) is 3. The number of aliphatic carboxylic acids is 1. The van der Waals surface area contributed by atoms with Crippen LogP contribution in [-0.4, -0.2) is 71.6 Å². The number of nitrogens with two attached hydrogens (primary N) is 1. The molecular formula is C21H21N7O7S2. The number of aromatic carboxylic acids is 1. The van der Waals surface area contributed by atoms with Gasteiger partial charge in [-0.2, -0.15) is 9.36 Å². The minimum Gasteiger partial charge on any atom is -0.545 e. The average Bonchev–Trinajstić information content (AvgIpc) is 3.28. The van der Waals surface area contributed by atoms with Crippen LogP contribution in [0.1, 0.15) is 30.0 Å². The Labute approximate surface area is 218 Å². The second-order valence-electron chi connectivity index (χ2n) is 8.54. The summed E-state index contributed by atoms with van der Waals surface area (Å²) in [6.45, 7) is 2.95. The van der Waals surface area contributed by atoms with Crippen LogP contribution in [0.15, 0.2) is 41.5 Å². The number of fused-ring (bicyclic) bond motifs is 1. The number of carbonyl (C=O) groups is 4. The van der Waals surface area contributed by atoms with Gasteiger partial charge < -0.3 is 35.8 Å². The Bertz CT molecular complexity index is 1320. The zero-order valence-corrected chi connectivity index (χ0v) is 21.1. The van der Waals surface area contributed by atoms with Gasteiger partial charge in [0.1, 0.15) is 11.4 Å². The van der Waals surface area contributed by atoms with E-state index < -0.39 is 35.2 Å². The second-order valence-corrected chi connectivity index (χ2v) is 10.4. The molecule has 0 spiro atoms. The summed E-state index contributed by atoms with van der Waals surface area (Å²) < 4.78 is 5.71. The summed E-state index contributed by atoms with van der Waals surface area (Å²) in [6.07, 6.45) is 4.93. The third kappa shape index (κ3) is 5.54. The van der Waals surface area contributed by atoms with Gasteiger partial charge in [-0.05, 0) is 13.8 Å². The van der Waals surface area contributed by atoms with Crippen molar-refractivity contribution >= 4 is 57.9 Å². The summed E-state index contributed by atoms with van der Waals surface area (Å²) in [6, 6.07) is 2.00. The molecule has 37 heavy (non-hydrogen) atoms. The molecule has 2 aromatic heterocycles. The monoisotopic (exact) mass is 547 g/mol. The van der Waals surface area contributed by atoms with Crippen molar-refractivity contribution < 1.29 is 38.8 Å². The van der Waals surface area contributed by atoms with E-state index in [4.69, 9.17) is 10.6 Å². The van der Waals surface area contributed by atoms with Crippen molar-refractivity contribution in [1.82, 2.24) is 19.6 Å². The molecule has 0 saturated carbocycles. The first-order chi connectivity index (χ1) is 17.5. The lowest BCUT2D eigenvalue weighted by Gasteiger charge is -2.47. The van der Waals surface area contributed by atoms with Crippen LogP contribution in [-0.2, 0) is 25.8 Å². The lowest BCUT2D eigenvalue weighted by atomic mass is 10.1. The number of amides is 2. The number of pyridine rings is 1. The first kappa shape index (κ1) is 26.0. The Morgan fingerprint density at radius 3 is 2.68 bits per heavy atom. The molecule has 4 heterocycles. The third-order valence-electron chi connectivity index (χ3n) is 5.39. The third-order valence-corrected chi connectivity index (χ3v) is 7.31. The molecule has 194 valence electrons. The van der Waals surface area contributed by atoms with Gasteiger partial charge in [0.2, 0.25) is 17.1 Å². The zero-order valence-electron chi connectivity index (χ0n) is 19.5. The van der Waals surface area contributed by atoms with E-state index in [0.29, 0.717) is 12.3 Å². The van der Waals surface area contributed by atoms with E-state index in [0.717, 1.165) is 17.1 Å². The van der Waals surface area contributed by atoms with Crippen LogP contribution >= 0.6 is 23.3 Å². The summed E-state index contributed by atoms with van der Waals surface area (Å²) in [5.74, 6) is -3.34. The van der Waals surface area contributed by atoms with Crippen LogP contribution in [0.2, 0.25) is 0 Å². The van der Waals surface area contributed by atoms with E-state index in [1.807, 2.05) is 0 Å². The number of aromatic nitrogens is 3. The normalized spacial score (nSPS) is 19.4. The van der Waals surface area contributed by atoms with Crippen LogP contribution in [0, 0.1) is 0 Å². The fourth-order valence-electron chi connectivity index (χ4n) is 3.30. The van der Waals surface area contributed by atoms with Crippen molar-refractivity contribution in [2.24, 2.45) is 5.16 Å². The average molecular weight is 548 g/mol. The molecule has 0 bridgehead atoms. The Morgan fingerprint density at radius 1 is 1.38 bits per heavy atom. The molecule has 2 aliphatic heterocycles. The van der Waals surface area contributed by atoms with Gasteiger partial charge in [-0.3, -0.25) is 9.59 Å². The predicted molar refractivity (Wildman–Crippen MR) is 128 cm³/mol. The molecule has 14 nitrogen and oxygen atoms in total. The van der Waals surface area contributed by atoms with Crippen LogP contribution in [0.25, 0.3) is 0 Å². The van der Waals surface area contributed by atoms with Crippen molar-refractivity contribution in [2.75, 3.05) is 11.5 Å². The SMILES string of the molecule is CC(C)(O/N=C(\C(=O)NC1C(=O)N2C=C(C[n+]3ccc(C(=O)[O-])cc3)CS[C@H]12)c1nsc(N)n1)C(=O)O. The maximum Gasteiger partial charge on any atom is 0.350 e. The highest BCUT2D eigenvalue weighted by Gasteiger charge is 2.50. The van der Waals surface area contributed by atoms with Crippen molar-refractivity contribution in [1.29, 1.82) is 0 Å². The molecule has 0 radical (unpaired) electrons. The van der Waals surface area contributed by atoms with E-state index >= 15 is 0 Å². The number of β-lactam (4-membered cyclic amide) rings is 1. The first-order valence-corrected chi connectivity index (χ1v) is 12.5. The fraction of sp³-hybridized carbons (Fsp3) is 0.333. The number of hydrogen-bond acceptors (Lipinski definition) is 12. The van der Waals surface area contributed by atoms with Gasteiger partial charge in [0.25, 0.3) is 11.8 Å². The number of anilines is 1. The maximum absolute atomic E-state index is 13.0. The number of nitrogens with zero attached hydrogens (tertiary/aromatic N) is 5. The molecule has 2 aliphatic rings. The van der Waals surface area contributed by atoms with E-state index in [1.54, 1.807) is 23.2 Å². The zero-order chi connectivity index (χ0) is 26.9. The largest absolute Gasteiger partial charge is 0.545 e. The van der Waals surface area contributed by atoms with E-state index in [-0.39, 0.29) is 27.8 Å². The summed E-state index contributed by atoms with van der Waals surface area (Å²) in [4.78, 5) is 58.5. The number of nitrogens with one attached hydrogen (secondary N) is 1. The number of rotatable bonds is 9. The van der Waals surface area contributed by atoms with Crippen molar-refractivity contribution in [3.05, 3.63) is 47.7 Å². The molecule has 0 aromatic carbocycles. The Kier molecular flexibility index (Phi) is 7.13. The topological polar surface area (TPSA) is 204 Å². The Balaban J connectivity index is 1.44. The molecular weight excluding hydrogens is 526 g/mol. The highest BCUT2D eigenvalue weighted by Crippen LogP contribution is 2.36. The molecule has 1 saturated heterocycles. The van der Waals surface area contributed by atoms with E-state index in [2.05, 4.69) is 19.8 Å². The molecule has 16 heteroatoms. The van der Waals surface area contributed by atoms with Gasteiger partial charge >= 0.3 is 5.97 Å². The summed E-state index contributed by atoms with van der Waals surface area (Å²) in [7, 11) is 0. The molecule has 2 amide bonds. The lowest BCUT2D eigenvalue weighted by molar-refractivity contribution is -0.689. The van der Waals surface area contributed by atoms with Crippen LogP contribution in [0.3, 0.4) is 0 Å². The fourth-order valence-corrected chi connectivity index (χ4v) is 4.99.